The Balaban J connectivity index is 1.75. The van der Waals surface area contributed by atoms with Crippen molar-refractivity contribution in [2.45, 2.75) is 0 Å². The van der Waals surface area contributed by atoms with E-state index in [0.29, 0.717) is 14.9 Å². The number of thioether (sulfide) groups is 1. The summed E-state index contributed by atoms with van der Waals surface area (Å²) in [6.45, 7) is 0. The lowest BCUT2D eigenvalue weighted by Crippen LogP contribution is -2.33. The van der Waals surface area contributed by atoms with Crippen molar-refractivity contribution in [3.63, 3.8) is 0 Å². The van der Waals surface area contributed by atoms with Gasteiger partial charge in [-0.25, -0.2) is 5.01 Å². The Morgan fingerprint density at radius 1 is 1.15 bits per heavy atom. The van der Waals surface area contributed by atoms with Crippen molar-refractivity contribution >= 4 is 57.3 Å². The molecule has 1 amide bonds. The molecule has 0 radical (unpaired) electrons. The van der Waals surface area contributed by atoms with Gasteiger partial charge in [0.05, 0.1) is 15.5 Å². The molecule has 0 aliphatic carbocycles. The fourth-order valence-corrected chi connectivity index (χ4v) is 3.55. The zero-order valence-corrected chi connectivity index (χ0v) is 16.2. The van der Waals surface area contributed by atoms with Crippen LogP contribution in [0.2, 0.25) is 0 Å². The first-order chi connectivity index (χ1) is 12.8. The molecule has 0 bridgehead atoms. The molecule has 27 heavy (non-hydrogen) atoms. The summed E-state index contributed by atoms with van der Waals surface area (Å²) in [5.74, 6) is -0.264. The van der Waals surface area contributed by atoms with Crippen LogP contribution in [0.5, 0.6) is 0 Å². The zero-order chi connectivity index (χ0) is 19.6. The van der Waals surface area contributed by atoms with E-state index < -0.39 is 4.92 Å². The van der Waals surface area contributed by atoms with Gasteiger partial charge in [0.25, 0.3) is 11.6 Å². The van der Waals surface area contributed by atoms with E-state index in [1.807, 2.05) is 43.3 Å². The summed E-state index contributed by atoms with van der Waals surface area (Å²) in [7, 11) is 3.92. The van der Waals surface area contributed by atoms with Gasteiger partial charge in [-0.15, -0.1) is 0 Å². The van der Waals surface area contributed by atoms with Gasteiger partial charge in [0.15, 0.2) is 4.32 Å². The molecular weight excluding hydrogens is 384 g/mol. The average Bonchev–Trinajstić information content (AvgIpc) is 2.90. The van der Waals surface area contributed by atoms with Crippen molar-refractivity contribution in [2.75, 3.05) is 24.4 Å². The summed E-state index contributed by atoms with van der Waals surface area (Å²) in [4.78, 5) is 25.4. The molecular formula is C18H16N4O3S2. The maximum absolute atomic E-state index is 12.6. The van der Waals surface area contributed by atoms with Crippen molar-refractivity contribution in [1.82, 2.24) is 5.01 Å². The molecule has 1 heterocycles. The number of nitro benzene ring substituents is 1. The van der Waals surface area contributed by atoms with Crippen LogP contribution >= 0.6 is 24.0 Å². The van der Waals surface area contributed by atoms with Crippen LogP contribution in [0.1, 0.15) is 5.56 Å². The number of hydrazine groups is 1. The Bertz CT molecular complexity index is 925. The monoisotopic (exact) mass is 400 g/mol. The maximum atomic E-state index is 12.6. The second-order valence-corrected chi connectivity index (χ2v) is 7.59. The smallest absolute Gasteiger partial charge is 0.285 e. The lowest BCUT2D eigenvalue weighted by molar-refractivity contribution is -0.384. The standard InChI is InChI=1S/C18H16N4O3S2/c1-20(2)14-7-3-12(4-8-14)11-16-17(23)21(18(26)27-16)19-13-5-9-15(10-6-13)22(24)25/h3-11,19H,1-2H3/b16-11+. The molecule has 0 spiro atoms. The van der Waals surface area contributed by atoms with Crippen molar-refractivity contribution in [1.29, 1.82) is 0 Å². The van der Waals surface area contributed by atoms with Gasteiger partial charge >= 0.3 is 0 Å². The van der Waals surface area contributed by atoms with E-state index in [2.05, 4.69) is 5.43 Å². The number of rotatable bonds is 5. The highest BCUT2D eigenvalue weighted by molar-refractivity contribution is 8.26. The minimum Gasteiger partial charge on any atom is -0.378 e. The number of thiocarbonyl (C=S) groups is 1. The normalized spacial score (nSPS) is 15.3. The van der Waals surface area contributed by atoms with Gasteiger partial charge in [0.2, 0.25) is 0 Å². The molecule has 0 unspecified atom stereocenters. The van der Waals surface area contributed by atoms with Gasteiger partial charge < -0.3 is 4.90 Å². The number of carbonyl (C=O) groups excluding carboxylic acids is 1. The van der Waals surface area contributed by atoms with Crippen molar-refractivity contribution < 1.29 is 9.72 Å². The summed E-state index contributed by atoms with van der Waals surface area (Å²) < 4.78 is 0.370. The number of hydrogen-bond donors (Lipinski definition) is 1. The minimum absolute atomic E-state index is 0.0213. The molecule has 0 atom stereocenters. The number of anilines is 2. The summed E-state index contributed by atoms with van der Waals surface area (Å²) in [5.41, 5.74) is 5.38. The fourth-order valence-electron chi connectivity index (χ4n) is 2.37. The van der Waals surface area contributed by atoms with Crippen LogP contribution in [0.3, 0.4) is 0 Å². The van der Waals surface area contributed by atoms with Crippen LogP contribution < -0.4 is 10.3 Å². The van der Waals surface area contributed by atoms with E-state index in [-0.39, 0.29) is 11.6 Å². The lowest BCUT2D eigenvalue weighted by Gasteiger charge is -2.16. The van der Waals surface area contributed by atoms with Crippen LogP contribution in [0.25, 0.3) is 6.08 Å². The molecule has 0 aromatic heterocycles. The molecule has 2 aromatic rings. The Kier molecular flexibility index (Phi) is 5.43. The highest BCUT2D eigenvalue weighted by Gasteiger charge is 2.32. The molecule has 3 rings (SSSR count). The van der Waals surface area contributed by atoms with E-state index in [0.717, 1.165) is 11.3 Å². The first kappa shape index (κ1) is 18.9. The van der Waals surface area contributed by atoms with Gasteiger partial charge in [-0.3, -0.25) is 20.3 Å². The van der Waals surface area contributed by atoms with Gasteiger partial charge in [0.1, 0.15) is 0 Å². The molecule has 138 valence electrons. The molecule has 7 nitrogen and oxygen atoms in total. The lowest BCUT2D eigenvalue weighted by atomic mass is 10.2. The first-order valence-corrected chi connectivity index (χ1v) is 9.14. The minimum atomic E-state index is -0.478. The summed E-state index contributed by atoms with van der Waals surface area (Å²) in [6, 6.07) is 13.6. The zero-order valence-electron chi connectivity index (χ0n) is 14.6. The van der Waals surface area contributed by atoms with E-state index in [1.165, 1.54) is 41.0 Å². The largest absolute Gasteiger partial charge is 0.378 e. The first-order valence-electron chi connectivity index (χ1n) is 7.91. The Labute approximate surface area is 165 Å². The molecule has 2 aromatic carbocycles. The van der Waals surface area contributed by atoms with Crippen LogP contribution in [0.4, 0.5) is 17.1 Å². The average molecular weight is 400 g/mol. The second kappa shape index (κ2) is 7.77. The van der Waals surface area contributed by atoms with Gasteiger partial charge in [-0.05, 0) is 48.1 Å². The van der Waals surface area contributed by atoms with Crippen LogP contribution in [-0.4, -0.2) is 34.3 Å². The predicted molar refractivity (Wildman–Crippen MR) is 113 cm³/mol. The summed E-state index contributed by atoms with van der Waals surface area (Å²) in [6.07, 6.45) is 1.79. The van der Waals surface area contributed by atoms with Crippen molar-refractivity contribution in [3.8, 4) is 0 Å². The summed E-state index contributed by atoms with van der Waals surface area (Å²) in [5, 5.41) is 12.0. The summed E-state index contributed by atoms with van der Waals surface area (Å²) >= 11 is 6.48. The Morgan fingerprint density at radius 2 is 1.78 bits per heavy atom. The molecule has 1 fully saturated rings. The number of carbonyl (C=O) groups is 1. The highest BCUT2D eigenvalue weighted by Crippen LogP contribution is 2.33. The van der Waals surface area contributed by atoms with Gasteiger partial charge in [0, 0.05) is 31.9 Å². The van der Waals surface area contributed by atoms with E-state index in [4.69, 9.17) is 12.2 Å². The number of hydrogen-bond acceptors (Lipinski definition) is 7. The number of nitrogens with one attached hydrogen (secondary N) is 1. The number of nitro groups is 1. The third-order valence-corrected chi connectivity index (χ3v) is 5.12. The molecule has 1 N–H and O–H groups in total. The molecule has 9 heteroatoms. The quantitative estimate of drug-likeness (QED) is 0.353. The number of non-ortho nitro benzene ring substituents is 1. The highest BCUT2D eigenvalue weighted by atomic mass is 32.2. The third kappa shape index (κ3) is 4.26. The number of amides is 1. The molecule has 0 saturated carbocycles. The Morgan fingerprint density at radius 3 is 2.33 bits per heavy atom. The molecule has 1 saturated heterocycles. The van der Waals surface area contributed by atoms with E-state index in [9.17, 15) is 14.9 Å². The second-order valence-electron chi connectivity index (χ2n) is 5.92. The van der Waals surface area contributed by atoms with Crippen LogP contribution in [0.15, 0.2) is 53.4 Å². The fraction of sp³-hybridized carbons (Fsp3) is 0.111. The SMILES string of the molecule is CN(C)c1ccc(/C=C2/SC(=S)N(Nc3ccc([N+](=O)[O-])cc3)C2=O)cc1. The third-order valence-electron chi connectivity index (χ3n) is 3.82. The van der Waals surface area contributed by atoms with E-state index >= 15 is 0 Å². The number of benzene rings is 2. The molecule has 1 aliphatic rings. The van der Waals surface area contributed by atoms with Crippen molar-refractivity contribution in [3.05, 3.63) is 69.1 Å². The Hall–Kier alpha value is -2.91. The van der Waals surface area contributed by atoms with E-state index in [1.54, 1.807) is 6.08 Å². The topological polar surface area (TPSA) is 78.7 Å². The molecule has 1 aliphatic heterocycles. The van der Waals surface area contributed by atoms with Gasteiger partial charge in [-0.2, -0.15) is 0 Å². The van der Waals surface area contributed by atoms with Gasteiger partial charge in [-0.1, -0.05) is 23.9 Å². The van der Waals surface area contributed by atoms with Crippen molar-refractivity contribution in [2.24, 2.45) is 0 Å². The number of nitrogens with zero attached hydrogens (tertiary/aromatic N) is 3. The maximum Gasteiger partial charge on any atom is 0.285 e. The van der Waals surface area contributed by atoms with Crippen LogP contribution in [-0.2, 0) is 4.79 Å². The predicted octanol–water partition coefficient (Wildman–Crippen LogP) is 3.89. The van der Waals surface area contributed by atoms with Crippen LogP contribution in [0, 0.1) is 10.1 Å².